The predicted molar refractivity (Wildman–Crippen MR) is 102 cm³/mol. The molecule has 0 aliphatic carbocycles. The zero-order valence-corrected chi connectivity index (χ0v) is 15.7. The third kappa shape index (κ3) is 5.52. The normalized spacial score (nSPS) is 12.9. The largest absolute Gasteiger partial charge is 0.469 e. The second kappa shape index (κ2) is 9.11. The Hall–Kier alpha value is -2.50. The molecule has 136 valence electrons. The third-order valence-electron chi connectivity index (χ3n) is 4.17. The lowest BCUT2D eigenvalue weighted by atomic mass is 10.1. The van der Waals surface area contributed by atoms with Gasteiger partial charge in [0.05, 0.1) is 12.0 Å². The molecule has 0 spiro atoms. The summed E-state index contributed by atoms with van der Waals surface area (Å²) >= 11 is 0. The number of rotatable bonds is 8. The van der Waals surface area contributed by atoms with Gasteiger partial charge in [-0.1, -0.05) is 6.08 Å². The molecular formula is C19H29N5O. The lowest BCUT2D eigenvalue weighted by molar-refractivity contribution is 0.510. The van der Waals surface area contributed by atoms with Crippen molar-refractivity contribution in [2.45, 2.75) is 39.7 Å². The Labute approximate surface area is 150 Å². The highest BCUT2D eigenvalue weighted by Gasteiger charge is 2.14. The van der Waals surface area contributed by atoms with Crippen LogP contribution < -0.4 is 10.6 Å². The van der Waals surface area contributed by atoms with Crippen LogP contribution in [0.5, 0.6) is 0 Å². The number of aromatic nitrogens is 2. The second-order valence-corrected chi connectivity index (χ2v) is 6.25. The first-order chi connectivity index (χ1) is 12.0. The van der Waals surface area contributed by atoms with Crippen molar-refractivity contribution in [2.75, 3.05) is 13.1 Å². The van der Waals surface area contributed by atoms with E-state index in [9.17, 15) is 0 Å². The fourth-order valence-corrected chi connectivity index (χ4v) is 2.76. The average molecular weight is 343 g/mol. The molecular weight excluding hydrogens is 314 g/mol. The molecule has 0 radical (unpaired) electrons. The van der Waals surface area contributed by atoms with E-state index >= 15 is 0 Å². The van der Waals surface area contributed by atoms with E-state index in [2.05, 4.69) is 48.1 Å². The molecule has 0 aliphatic rings. The van der Waals surface area contributed by atoms with Crippen LogP contribution in [0.1, 0.15) is 29.6 Å². The molecule has 2 heterocycles. The topological polar surface area (TPSA) is 67.4 Å². The van der Waals surface area contributed by atoms with E-state index in [-0.39, 0.29) is 6.04 Å². The van der Waals surface area contributed by atoms with Gasteiger partial charge in [0, 0.05) is 38.3 Å². The Kier molecular flexibility index (Phi) is 6.86. The van der Waals surface area contributed by atoms with E-state index in [4.69, 9.17) is 4.42 Å². The zero-order valence-electron chi connectivity index (χ0n) is 15.7. The average Bonchev–Trinajstić information content (AvgIpc) is 3.17. The van der Waals surface area contributed by atoms with Crippen LogP contribution >= 0.6 is 0 Å². The zero-order chi connectivity index (χ0) is 18.2. The van der Waals surface area contributed by atoms with Crippen LogP contribution in [0.2, 0.25) is 0 Å². The smallest absolute Gasteiger partial charge is 0.191 e. The summed E-state index contributed by atoms with van der Waals surface area (Å²) in [5.74, 6) is 1.74. The molecule has 0 fully saturated rings. The molecule has 1 unspecified atom stereocenters. The SMILES string of the molecule is C=CCNC(=NCCc1ccco1)NC(C)Cc1c(C)nn(C)c1C. The fraction of sp³-hybridized carbons (Fsp3) is 0.474. The highest BCUT2D eigenvalue weighted by atomic mass is 16.3. The molecule has 0 amide bonds. The van der Waals surface area contributed by atoms with Crippen molar-refractivity contribution in [3.8, 4) is 0 Å². The number of hydrogen-bond donors (Lipinski definition) is 2. The first-order valence-electron chi connectivity index (χ1n) is 8.68. The van der Waals surface area contributed by atoms with Gasteiger partial charge in [0.1, 0.15) is 5.76 Å². The van der Waals surface area contributed by atoms with Crippen molar-refractivity contribution in [1.29, 1.82) is 0 Å². The summed E-state index contributed by atoms with van der Waals surface area (Å²) < 4.78 is 7.29. The van der Waals surface area contributed by atoms with E-state index in [1.54, 1.807) is 6.26 Å². The monoisotopic (exact) mass is 343 g/mol. The summed E-state index contributed by atoms with van der Waals surface area (Å²) in [7, 11) is 1.98. The van der Waals surface area contributed by atoms with Gasteiger partial charge in [-0.3, -0.25) is 9.67 Å². The molecule has 2 aromatic rings. The number of aryl methyl sites for hydroxylation is 2. The summed E-state index contributed by atoms with van der Waals surface area (Å²) in [5.41, 5.74) is 3.59. The minimum atomic E-state index is 0.237. The van der Waals surface area contributed by atoms with Crippen molar-refractivity contribution in [3.63, 3.8) is 0 Å². The molecule has 0 saturated carbocycles. The van der Waals surface area contributed by atoms with E-state index in [0.717, 1.165) is 30.3 Å². The van der Waals surface area contributed by atoms with Crippen LogP contribution in [0.25, 0.3) is 0 Å². The summed E-state index contributed by atoms with van der Waals surface area (Å²) in [4.78, 5) is 4.63. The third-order valence-corrected chi connectivity index (χ3v) is 4.17. The summed E-state index contributed by atoms with van der Waals surface area (Å²) in [6.45, 7) is 11.4. The summed E-state index contributed by atoms with van der Waals surface area (Å²) in [6.07, 6.45) is 5.19. The molecule has 1 atom stereocenters. The van der Waals surface area contributed by atoms with Crippen LogP contribution in [0.15, 0.2) is 40.5 Å². The number of hydrogen-bond acceptors (Lipinski definition) is 3. The fourth-order valence-electron chi connectivity index (χ4n) is 2.76. The molecule has 6 heteroatoms. The second-order valence-electron chi connectivity index (χ2n) is 6.25. The van der Waals surface area contributed by atoms with Crippen molar-refractivity contribution in [3.05, 3.63) is 53.8 Å². The van der Waals surface area contributed by atoms with E-state index < -0.39 is 0 Å². The van der Waals surface area contributed by atoms with Crippen molar-refractivity contribution in [1.82, 2.24) is 20.4 Å². The van der Waals surface area contributed by atoms with Crippen LogP contribution in [-0.2, 0) is 19.9 Å². The van der Waals surface area contributed by atoms with Crippen molar-refractivity contribution < 1.29 is 4.42 Å². The van der Waals surface area contributed by atoms with Gasteiger partial charge in [0.25, 0.3) is 0 Å². The van der Waals surface area contributed by atoms with Crippen LogP contribution in [0.3, 0.4) is 0 Å². The molecule has 0 bridgehead atoms. The molecule has 25 heavy (non-hydrogen) atoms. The Bertz CT molecular complexity index is 700. The van der Waals surface area contributed by atoms with E-state index in [0.29, 0.717) is 13.1 Å². The lowest BCUT2D eigenvalue weighted by Crippen LogP contribution is -2.43. The number of aliphatic imine (C=N–C) groups is 1. The maximum atomic E-state index is 5.35. The quantitative estimate of drug-likeness (QED) is 0.439. The van der Waals surface area contributed by atoms with Crippen LogP contribution in [0, 0.1) is 13.8 Å². The highest BCUT2D eigenvalue weighted by Crippen LogP contribution is 2.14. The Morgan fingerprint density at radius 2 is 2.28 bits per heavy atom. The Morgan fingerprint density at radius 1 is 1.48 bits per heavy atom. The molecule has 6 nitrogen and oxygen atoms in total. The number of guanidine groups is 1. The van der Waals surface area contributed by atoms with Gasteiger partial charge in [0.2, 0.25) is 0 Å². The van der Waals surface area contributed by atoms with Crippen LogP contribution in [-0.4, -0.2) is 34.9 Å². The predicted octanol–water partition coefficient (Wildman–Crippen LogP) is 2.52. The molecule has 2 N–H and O–H groups in total. The highest BCUT2D eigenvalue weighted by molar-refractivity contribution is 5.80. The molecule has 0 aliphatic heterocycles. The standard InChI is InChI=1S/C19H29N5O/c1-6-10-20-19(21-11-9-17-8-7-12-25-17)22-14(2)13-18-15(3)23-24(5)16(18)4/h6-8,12,14H,1,9-11,13H2,2-5H3,(H2,20,21,22). The molecule has 2 aromatic heterocycles. The van der Waals surface area contributed by atoms with E-state index in [1.165, 1.54) is 11.3 Å². The van der Waals surface area contributed by atoms with Crippen molar-refractivity contribution >= 4 is 5.96 Å². The summed E-state index contributed by atoms with van der Waals surface area (Å²) in [6, 6.07) is 4.10. The summed E-state index contributed by atoms with van der Waals surface area (Å²) in [5, 5.41) is 11.2. The first-order valence-corrected chi connectivity index (χ1v) is 8.68. The van der Waals surface area contributed by atoms with Gasteiger partial charge in [0.15, 0.2) is 5.96 Å². The van der Waals surface area contributed by atoms with E-state index in [1.807, 2.05) is 29.9 Å². The molecule has 0 aromatic carbocycles. The van der Waals surface area contributed by atoms with Gasteiger partial charge in [-0.15, -0.1) is 6.58 Å². The lowest BCUT2D eigenvalue weighted by Gasteiger charge is -2.18. The molecule has 0 saturated heterocycles. The number of furan rings is 1. The molecule has 2 rings (SSSR count). The van der Waals surface area contributed by atoms with Gasteiger partial charge in [-0.2, -0.15) is 5.10 Å². The minimum absolute atomic E-state index is 0.237. The minimum Gasteiger partial charge on any atom is -0.469 e. The maximum Gasteiger partial charge on any atom is 0.191 e. The van der Waals surface area contributed by atoms with Gasteiger partial charge in [-0.05, 0) is 44.9 Å². The van der Waals surface area contributed by atoms with Crippen LogP contribution in [0.4, 0.5) is 0 Å². The maximum absolute atomic E-state index is 5.35. The van der Waals surface area contributed by atoms with Gasteiger partial charge in [-0.25, -0.2) is 0 Å². The van der Waals surface area contributed by atoms with Gasteiger partial charge >= 0.3 is 0 Å². The number of nitrogens with one attached hydrogen (secondary N) is 2. The van der Waals surface area contributed by atoms with Crippen molar-refractivity contribution in [2.24, 2.45) is 12.0 Å². The Morgan fingerprint density at radius 3 is 2.88 bits per heavy atom. The number of nitrogens with zero attached hydrogens (tertiary/aromatic N) is 3. The Balaban J connectivity index is 1.95. The van der Waals surface area contributed by atoms with Gasteiger partial charge < -0.3 is 15.1 Å². The first kappa shape index (κ1) is 18.8.